The van der Waals surface area contributed by atoms with Gasteiger partial charge in [-0.15, -0.1) is 21.5 Å². The molecule has 0 spiro atoms. The van der Waals surface area contributed by atoms with E-state index < -0.39 is 0 Å². The Morgan fingerprint density at radius 2 is 2.27 bits per heavy atom. The summed E-state index contributed by atoms with van der Waals surface area (Å²) in [6, 6.07) is 0. The highest BCUT2D eigenvalue weighted by Gasteiger charge is 2.08. The summed E-state index contributed by atoms with van der Waals surface area (Å²) in [7, 11) is 1.94. The molecule has 0 aliphatic carbocycles. The Balaban J connectivity index is 2.13. The molecule has 15 heavy (non-hydrogen) atoms. The van der Waals surface area contributed by atoms with Crippen molar-refractivity contribution in [2.24, 2.45) is 0 Å². The van der Waals surface area contributed by atoms with Crippen LogP contribution < -0.4 is 5.32 Å². The quantitative estimate of drug-likeness (QED) is 0.884. The number of hydrogen-bond acceptors (Lipinski definition) is 6. The van der Waals surface area contributed by atoms with Crippen LogP contribution in [0.25, 0.3) is 10.7 Å². The summed E-state index contributed by atoms with van der Waals surface area (Å²) in [5, 5.41) is 16.4. The van der Waals surface area contributed by atoms with Gasteiger partial charge < -0.3 is 5.32 Å². The maximum Gasteiger partial charge on any atom is 0.167 e. The van der Waals surface area contributed by atoms with Gasteiger partial charge in [0.05, 0.1) is 5.01 Å². The average Bonchev–Trinajstić information content (AvgIpc) is 2.83. The standard InChI is InChI=1S/C9H12N4S2/c1-6-11-7(5-14-6)9-13-12-8(15-9)3-4-10-2/h5,10H,3-4H2,1-2H3. The molecule has 0 aromatic carbocycles. The van der Waals surface area contributed by atoms with Gasteiger partial charge in [-0.1, -0.05) is 11.3 Å². The lowest BCUT2D eigenvalue weighted by Crippen LogP contribution is -2.09. The van der Waals surface area contributed by atoms with Crippen molar-refractivity contribution in [2.75, 3.05) is 13.6 Å². The first-order chi connectivity index (χ1) is 7.29. The zero-order valence-electron chi connectivity index (χ0n) is 8.65. The first-order valence-electron chi connectivity index (χ1n) is 4.69. The van der Waals surface area contributed by atoms with Crippen LogP contribution in [0.2, 0.25) is 0 Å². The fraction of sp³-hybridized carbons (Fsp3) is 0.444. The van der Waals surface area contributed by atoms with Crippen LogP contribution in [-0.4, -0.2) is 28.8 Å². The van der Waals surface area contributed by atoms with Crippen LogP contribution in [0.4, 0.5) is 0 Å². The van der Waals surface area contributed by atoms with Crippen LogP contribution in [0.3, 0.4) is 0 Å². The smallest absolute Gasteiger partial charge is 0.167 e. The molecule has 2 heterocycles. The lowest BCUT2D eigenvalue weighted by molar-refractivity contribution is 0.779. The summed E-state index contributed by atoms with van der Waals surface area (Å²) < 4.78 is 0. The second kappa shape index (κ2) is 4.78. The van der Waals surface area contributed by atoms with Crippen LogP contribution in [0.5, 0.6) is 0 Å². The normalized spacial score (nSPS) is 10.8. The van der Waals surface area contributed by atoms with Gasteiger partial charge in [-0.3, -0.25) is 0 Å². The number of thiazole rings is 1. The summed E-state index contributed by atoms with van der Waals surface area (Å²) >= 11 is 3.26. The summed E-state index contributed by atoms with van der Waals surface area (Å²) in [5.41, 5.74) is 0.950. The van der Waals surface area contributed by atoms with Crippen LogP contribution in [0.1, 0.15) is 10.0 Å². The third-order valence-corrected chi connectivity index (χ3v) is 3.67. The predicted octanol–water partition coefficient (Wildman–Crippen LogP) is 1.73. The molecule has 0 amide bonds. The summed E-state index contributed by atoms with van der Waals surface area (Å²) in [5.74, 6) is 0. The topological polar surface area (TPSA) is 50.7 Å². The highest BCUT2D eigenvalue weighted by Crippen LogP contribution is 2.24. The van der Waals surface area contributed by atoms with Gasteiger partial charge in [0.15, 0.2) is 5.01 Å². The van der Waals surface area contributed by atoms with E-state index in [-0.39, 0.29) is 0 Å². The molecule has 2 rings (SSSR count). The van der Waals surface area contributed by atoms with E-state index in [0.29, 0.717) is 0 Å². The predicted molar refractivity (Wildman–Crippen MR) is 63.4 cm³/mol. The zero-order valence-corrected chi connectivity index (χ0v) is 10.3. The average molecular weight is 240 g/mol. The van der Waals surface area contributed by atoms with E-state index in [9.17, 15) is 0 Å². The lowest BCUT2D eigenvalue weighted by Gasteiger charge is -1.91. The molecule has 2 aromatic rings. The van der Waals surface area contributed by atoms with E-state index in [1.165, 1.54) is 0 Å². The summed E-state index contributed by atoms with van der Waals surface area (Å²) in [6.45, 7) is 2.93. The molecule has 0 aliphatic rings. The Labute approximate surface area is 96.4 Å². The van der Waals surface area contributed by atoms with Crippen LogP contribution >= 0.6 is 22.7 Å². The second-order valence-electron chi connectivity index (χ2n) is 3.11. The molecule has 0 radical (unpaired) electrons. The SMILES string of the molecule is CNCCc1nnc(-c2csc(C)n2)s1. The highest BCUT2D eigenvalue weighted by atomic mass is 32.1. The Hall–Kier alpha value is -0.850. The number of rotatable bonds is 4. The number of nitrogens with one attached hydrogen (secondary N) is 1. The van der Waals surface area contributed by atoms with Crippen molar-refractivity contribution in [2.45, 2.75) is 13.3 Å². The van der Waals surface area contributed by atoms with Gasteiger partial charge in [-0.05, 0) is 14.0 Å². The third kappa shape index (κ3) is 2.58. The number of aryl methyl sites for hydroxylation is 1. The number of aromatic nitrogens is 3. The number of nitrogens with zero attached hydrogens (tertiary/aromatic N) is 3. The minimum absolute atomic E-state index is 0.922. The number of likely N-dealkylation sites (N-methyl/N-ethyl adjacent to an activating group) is 1. The molecule has 1 N–H and O–H groups in total. The van der Waals surface area contributed by atoms with Gasteiger partial charge in [0.25, 0.3) is 0 Å². The largest absolute Gasteiger partial charge is 0.319 e. The van der Waals surface area contributed by atoms with Crippen molar-refractivity contribution >= 4 is 22.7 Å². The van der Waals surface area contributed by atoms with Crippen molar-refractivity contribution in [3.05, 3.63) is 15.4 Å². The molecular weight excluding hydrogens is 228 g/mol. The van der Waals surface area contributed by atoms with Crippen LogP contribution in [0.15, 0.2) is 5.38 Å². The van der Waals surface area contributed by atoms with Crippen LogP contribution in [-0.2, 0) is 6.42 Å². The van der Waals surface area contributed by atoms with Crippen molar-refractivity contribution in [1.29, 1.82) is 0 Å². The van der Waals surface area contributed by atoms with E-state index in [2.05, 4.69) is 20.5 Å². The Kier molecular flexibility index (Phi) is 3.40. The molecule has 0 fully saturated rings. The molecule has 0 saturated carbocycles. The number of hydrogen-bond donors (Lipinski definition) is 1. The zero-order chi connectivity index (χ0) is 10.7. The minimum atomic E-state index is 0.922. The van der Waals surface area contributed by atoms with Gasteiger partial charge in [0, 0.05) is 18.3 Å². The molecule has 0 unspecified atom stereocenters. The first kappa shape index (κ1) is 10.7. The molecule has 0 atom stereocenters. The van der Waals surface area contributed by atoms with E-state index in [1.807, 2.05) is 19.4 Å². The first-order valence-corrected chi connectivity index (χ1v) is 6.38. The van der Waals surface area contributed by atoms with Crippen molar-refractivity contribution < 1.29 is 0 Å². The van der Waals surface area contributed by atoms with Crippen molar-refractivity contribution in [3.63, 3.8) is 0 Å². The van der Waals surface area contributed by atoms with Crippen molar-refractivity contribution in [3.8, 4) is 10.7 Å². The maximum absolute atomic E-state index is 4.39. The van der Waals surface area contributed by atoms with Gasteiger partial charge >= 0.3 is 0 Å². The van der Waals surface area contributed by atoms with Crippen LogP contribution in [0, 0.1) is 6.92 Å². The Bertz CT molecular complexity index is 435. The molecule has 2 aromatic heterocycles. The van der Waals surface area contributed by atoms with E-state index in [1.54, 1.807) is 22.7 Å². The van der Waals surface area contributed by atoms with E-state index in [4.69, 9.17) is 0 Å². The van der Waals surface area contributed by atoms with Gasteiger partial charge in [0.1, 0.15) is 10.7 Å². The minimum Gasteiger partial charge on any atom is -0.319 e. The highest BCUT2D eigenvalue weighted by molar-refractivity contribution is 7.15. The fourth-order valence-corrected chi connectivity index (χ4v) is 2.62. The third-order valence-electron chi connectivity index (χ3n) is 1.89. The molecule has 4 nitrogen and oxygen atoms in total. The molecule has 0 saturated heterocycles. The molecule has 0 aliphatic heterocycles. The van der Waals surface area contributed by atoms with Gasteiger partial charge in [-0.25, -0.2) is 4.98 Å². The molecular formula is C9H12N4S2. The van der Waals surface area contributed by atoms with Gasteiger partial charge in [0.2, 0.25) is 0 Å². The van der Waals surface area contributed by atoms with E-state index in [0.717, 1.165) is 33.7 Å². The monoisotopic (exact) mass is 240 g/mol. The summed E-state index contributed by atoms with van der Waals surface area (Å²) in [4.78, 5) is 4.39. The van der Waals surface area contributed by atoms with Gasteiger partial charge in [-0.2, -0.15) is 0 Å². The Morgan fingerprint density at radius 1 is 1.40 bits per heavy atom. The summed E-state index contributed by atoms with van der Waals surface area (Å²) in [6.07, 6.45) is 0.928. The Morgan fingerprint density at radius 3 is 2.93 bits per heavy atom. The maximum atomic E-state index is 4.39. The molecule has 0 bridgehead atoms. The molecule has 80 valence electrons. The fourth-order valence-electron chi connectivity index (χ4n) is 1.15. The van der Waals surface area contributed by atoms with E-state index >= 15 is 0 Å². The lowest BCUT2D eigenvalue weighted by atomic mass is 10.4. The molecule has 6 heteroatoms. The van der Waals surface area contributed by atoms with Crippen molar-refractivity contribution in [1.82, 2.24) is 20.5 Å². The second-order valence-corrected chi connectivity index (χ2v) is 5.23.